The summed E-state index contributed by atoms with van der Waals surface area (Å²) in [6.07, 6.45) is 9.80. The Morgan fingerprint density at radius 1 is 1.33 bits per heavy atom. The van der Waals surface area contributed by atoms with E-state index in [1.165, 1.54) is 25.5 Å². The zero-order valence-electron chi connectivity index (χ0n) is 14.0. The number of fused-ring (bicyclic) bond motifs is 1. The molecular formula is C18H23N3O3. The van der Waals surface area contributed by atoms with Crippen molar-refractivity contribution in [1.29, 1.82) is 0 Å². The number of amides is 1. The van der Waals surface area contributed by atoms with E-state index in [9.17, 15) is 9.59 Å². The lowest BCUT2D eigenvalue weighted by atomic mass is 9.87. The van der Waals surface area contributed by atoms with Crippen molar-refractivity contribution in [2.75, 3.05) is 11.9 Å². The second-order valence-electron chi connectivity index (χ2n) is 6.28. The Kier molecular flexibility index (Phi) is 5.13. The van der Waals surface area contributed by atoms with E-state index in [2.05, 4.69) is 10.4 Å². The number of nitrogens with zero attached hydrogens (tertiary/aromatic N) is 2. The first-order valence-electron chi connectivity index (χ1n) is 8.61. The van der Waals surface area contributed by atoms with Gasteiger partial charge in [0.25, 0.3) is 0 Å². The Labute approximate surface area is 141 Å². The molecule has 6 heteroatoms. The van der Waals surface area contributed by atoms with Gasteiger partial charge in [-0.2, -0.15) is 5.10 Å². The van der Waals surface area contributed by atoms with Crippen molar-refractivity contribution in [3.05, 3.63) is 30.1 Å². The number of ether oxygens (including phenoxy) is 1. The van der Waals surface area contributed by atoms with Gasteiger partial charge in [-0.15, -0.1) is 0 Å². The molecule has 2 heterocycles. The molecule has 0 atom stereocenters. The summed E-state index contributed by atoms with van der Waals surface area (Å²) in [5, 5.41) is 7.08. The SMILES string of the molecule is CCOC(=O)c1cnn2ccc(NC(=O)CC3CCCCC3)cc12. The maximum absolute atomic E-state index is 12.3. The van der Waals surface area contributed by atoms with Gasteiger partial charge in [0.15, 0.2) is 0 Å². The number of nitrogens with one attached hydrogen (secondary N) is 1. The van der Waals surface area contributed by atoms with E-state index in [0.29, 0.717) is 35.7 Å². The molecule has 0 aromatic carbocycles. The average molecular weight is 329 g/mol. The van der Waals surface area contributed by atoms with E-state index in [1.807, 2.05) is 0 Å². The van der Waals surface area contributed by atoms with Crippen molar-refractivity contribution >= 4 is 23.1 Å². The molecule has 1 amide bonds. The fourth-order valence-corrected chi connectivity index (χ4v) is 3.29. The van der Waals surface area contributed by atoms with Crippen molar-refractivity contribution < 1.29 is 14.3 Å². The number of esters is 1. The monoisotopic (exact) mass is 329 g/mol. The zero-order valence-corrected chi connectivity index (χ0v) is 14.0. The number of aromatic nitrogens is 2. The summed E-state index contributed by atoms with van der Waals surface area (Å²) in [5.74, 6) is 0.120. The first kappa shape index (κ1) is 16.5. The number of anilines is 1. The number of pyridine rings is 1. The molecule has 1 saturated carbocycles. The molecular weight excluding hydrogens is 306 g/mol. The first-order valence-corrected chi connectivity index (χ1v) is 8.61. The highest BCUT2D eigenvalue weighted by molar-refractivity contribution is 5.98. The molecule has 2 aromatic heterocycles. The third-order valence-electron chi connectivity index (χ3n) is 4.50. The van der Waals surface area contributed by atoms with Crippen LogP contribution in [0.2, 0.25) is 0 Å². The van der Waals surface area contributed by atoms with Gasteiger partial charge in [0.1, 0.15) is 5.56 Å². The van der Waals surface area contributed by atoms with Gasteiger partial charge in [0.2, 0.25) is 5.91 Å². The average Bonchev–Trinajstić information content (AvgIpc) is 2.99. The lowest BCUT2D eigenvalue weighted by molar-refractivity contribution is -0.117. The maximum atomic E-state index is 12.3. The van der Waals surface area contributed by atoms with Crippen molar-refractivity contribution in [1.82, 2.24) is 9.61 Å². The van der Waals surface area contributed by atoms with Gasteiger partial charge in [-0.3, -0.25) is 4.79 Å². The Bertz CT molecular complexity index is 732. The summed E-state index contributed by atoms with van der Waals surface area (Å²) in [6, 6.07) is 3.55. The lowest BCUT2D eigenvalue weighted by Crippen LogP contribution is -2.18. The van der Waals surface area contributed by atoms with E-state index in [0.717, 1.165) is 12.8 Å². The molecule has 1 aliphatic carbocycles. The second kappa shape index (κ2) is 7.47. The predicted molar refractivity (Wildman–Crippen MR) is 91.0 cm³/mol. The van der Waals surface area contributed by atoms with Crippen molar-refractivity contribution in [3.8, 4) is 0 Å². The summed E-state index contributed by atoms with van der Waals surface area (Å²) in [6.45, 7) is 2.08. The van der Waals surface area contributed by atoms with Crippen LogP contribution in [-0.2, 0) is 9.53 Å². The van der Waals surface area contributed by atoms with Crippen LogP contribution in [-0.4, -0.2) is 28.1 Å². The molecule has 128 valence electrons. The largest absolute Gasteiger partial charge is 0.462 e. The van der Waals surface area contributed by atoms with Crippen LogP contribution < -0.4 is 5.32 Å². The molecule has 3 rings (SSSR count). The van der Waals surface area contributed by atoms with E-state index in [-0.39, 0.29) is 5.91 Å². The molecule has 2 aromatic rings. The van der Waals surface area contributed by atoms with Gasteiger partial charge in [-0.1, -0.05) is 19.3 Å². The number of hydrogen-bond acceptors (Lipinski definition) is 4. The van der Waals surface area contributed by atoms with Gasteiger partial charge < -0.3 is 10.1 Å². The van der Waals surface area contributed by atoms with E-state index in [1.54, 1.807) is 29.8 Å². The molecule has 0 radical (unpaired) electrons. The fourth-order valence-electron chi connectivity index (χ4n) is 3.29. The molecule has 6 nitrogen and oxygen atoms in total. The normalized spacial score (nSPS) is 15.4. The van der Waals surface area contributed by atoms with E-state index < -0.39 is 5.97 Å². The molecule has 1 N–H and O–H groups in total. The summed E-state index contributed by atoms with van der Waals surface area (Å²) in [5.41, 5.74) is 1.71. The van der Waals surface area contributed by atoms with Crippen LogP contribution in [0.15, 0.2) is 24.5 Å². The molecule has 0 spiro atoms. The molecule has 0 saturated heterocycles. The number of carbonyl (C=O) groups excluding carboxylic acids is 2. The summed E-state index contributed by atoms with van der Waals surface area (Å²) >= 11 is 0. The zero-order chi connectivity index (χ0) is 16.9. The molecule has 0 aliphatic heterocycles. The van der Waals surface area contributed by atoms with Crippen LogP contribution in [0.4, 0.5) is 5.69 Å². The van der Waals surface area contributed by atoms with Crippen LogP contribution in [0.5, 0.6) is 0 Å². The van der Waals surface area contributed by atoms with Crippen LogP contribution in [0.3, 0.4) is 0 Å². The third kappa shape index (κ3) is 3.75. The lowest BCUT2D eigenvalue weighted by Gasteiger charge is -2.20. The fraction of sp³-hybridized carbons (Fsp3) is 0.500. The minimum Gasteiger partial charge on any atom is -0.462 e. The Balaban J connectivity index is 1.71. The summed E-state index contributed by atoms with van der Waals surface area (Å²) < 4.78 is 6.64. The molecule has 24 heavy (non-hydrogen) atoms. The molecule has 0 unspecified atom stereocenters. The highest BCUT2D eigenvalue weighted by Gasteiger charge is 2.18. The standard InChI is InChI=1S/C18H23N3O3/c1-2-24-18(23)15-12-19-21-9-8-14(11-16(15)21)20-17(22)10-13-6-4-3-5-7-13/h8-9,11-13H,2-7,10H2,1H3,(H,20,22). The smallest absolute Gasteiger partial charge is 0.341 e. The Hall–Kier alpha value is -2.37. The van der Waals surface area contributed by atoms with Crippen LogP contribution in [0.1, 0.15) is 55.8 Å². The number of hydrogen-bond donors (Lipinski definition) is 1. The minimum atomic E-state index is -0.404. The topological polar surface area (TPSA) is 72.7 Å². The third-order valence-corrected chi connectivity index (χ3v) is 4.50. The van der Waals surface area contributed by atoms with Crippen molar-refractivity contribution in [3.63, 3.8) is 0 Å². The second-order valence-corrected chi connectivity index (χ2v) is 6.28. The van der Waals surface area contributed by atoms with Gasteiger partial charge in [-0.05, 0) is 37.8 Å². The molecule has 1 fully saturated rings. The van der Waals surface area contributed by atoms with Crippen LogP contribution >= 0.6 is 0 Å². The summed E-state index contributed by atoms with van der Waals surface area (Å²) in [4.78, 5) is 24.2. The molecule has 0 bridgehead atoms. The van der Waals surface area contributed by atoms with Gasteiger partial charge >= 0.3 is 5.97 Å². The van der Waals surface area contributed by atoms with Gasteiger partial charge in [-0.25, -0.2) is 9.31 Å². The Morgan fingerprint density at radius 2 is 2.12 bits per heavy atom. The predicted octanol–water partition coefficient (Wildman–Crippen LogP) is 3.42. The minimum absolute atomic E-state index is 0.0310. The van der Waals surface area contributed by atoms with Gasteiger partial charge in [0.05, 0.1) is 18.3 Å². The van der Waals surface area contributed by atoms with Crippen molar-refractivity contribution in [2.45, 2.75) is 45.4 Å². The maximum Gasteiger partial charge on any atom is 0.341 e. The number of rotatable bonds is 5. The van der Waals surface area contributed by atoms with Crippen molar-refractivity contribution in [2.24, 2.45) is 5.92 Å². The highest BCUT2D eigenvalue weighted by atomic mass is 16.5. The van der Waals surface area contributed by atoms with Crippen LogP contribution in [0, 0.1) is 5.92 Å². The first-order chi connectivity index (χ1) is 11.7. The van der Waals surface area contributed by atoms with E-state index in [4.69, 9.17) is 4.74 Å². The molecule has 1 aliphatic rings. The summed E-state index contributed by atoms with van der Waals surface area (Å²) in [7, 11) is 0. The van der Waals surface area contributed by atoms with Crippen LogP contribution in [0.25, 0.3) is 5.52 Å². The van der Waals surface area contributed by atoms with Gasteiger partial charge in [0, 0.05) is 18.3 Å². The quantitative estimate of drug-likeness (QED) is 0.853. The van der Waals surface area contributed by atoms with E-state index >= 15 is 0 Å². The Morgan fingerprint density at radius 3 is 2.88 bits per heavy atom. The number of carbonyl (C=O) groups is 2. The highest BCUT2D eigenvalue weighted by Crippen LogP contribution is 2.26.